The second-order valence-corrected chi connectivity index (χ2v) is 9.22. The van der Waals surface area contributed by atoms with E-state index in [9.17, 15) is 9.59 Å². The normalized spacial score (nSPS) is 21.4. The number of hydrogen-bond donors (Lipinski definition) is 1. The number of ether oxygens (including phenoxy) is 1. The number of aromatic amines is 1. The largest absolute Gasteiger partial charge is 0.383 e. The van der Waals surface area contributed by atoms with Crippen LogP contribution < -0.4 is 5.56 Å². The zero-order valence-corrected chi connectivity index (χ0v) is 19.2. The van der Waals surface area contributed by atoms with Crippen LogP contribution in [0.2, 0.25) is 0 Å². The van der Waals surface area contributed by atoms with Gasteiger partial charge in [-0.1, -0.05) is 18.6 Å². The number of nitrogens with one attached hydrogen (secondary N) is 1. The van der Waals surface area contributed by atoms with Gasteiger partial charge in [0.05, 0.1) is 17.5 Å². The van der Waals surface area contributed by atoms with Gasteiger partial charge in [0.25, 0.3) is 5.56 Å². The van der Waals surface area contributed by atoms with E-state index in [0.717, 1.165) is 6.54 Å². The summed E-state index contributed by atoms with van der Waals surface area (Å²) in [5.41, 5.74) is 0.585. The number of hydrogen-bond acceptors (Lipinski definition) is 5. The van der Waals surface area contributed by atoms with Gasteiger partial charge < -0.3 is 19.5 Å². The molecule has 32 heavy (non-hydrogen) atoms. The Morgan fingerprint density at radius 1 is 1.22 bits per heavy atom. The number of aryl methyl sites for hydroxylation is 1. The van der Waals surface area contributed by atoms with E-state index < -0.39 is 0 Å². The van der Waals surface area contributed by atoms with E-state index in [1.165, 1.54) is 45.2 Å². The Labute approximate surface area is 190 Å². The van der Waals surface area contributed by atoms with Gasteiger partial charge in [-0.25, -0.2) is 4.98 Å². The van der Waals surface area contributed by atoms with Gasteiger partial charge in [0.2, 0.25) is 5.91 Å². The predicted octanol–water partition coefficient (Wildman–Crippen LogP) is 2.99. The lowest BCUT2D eigenvalue weighted by atomic mass is 9.83. The van der Waals surface area contributed by atoms with Gasteiger partial charge in [0, 0.05) is 39.1 Å². The van der Waals surface area contributed by atoms with Gasteiger partial charge in [-0.2, -0.15) is 0 Å². The molecular weight excluding hydrogens is 404 g/mol. The maximum absolute atomic E-state index is 13.1. The summed E-state index contributed by atoms with van der Waals surface area (Å²) < 4.78 is 5.29. The molecule has 0 spiro atoms. The first-order valence-corrected chi connectivity index (χ1v) is 12.1. The van der Waals surface area contributed by atoms with Crippen LogP contribution in [-0.2, 0) is 16.0 Å². The molecule has 1 N–H and O–H groups in total. The molecule has 2 atom stereocenters. The lowest BCUT2D eigenvalue weighted by Crippen LogP contribution is -2.52. The Kier molecular flexibility index (Phi) is 7.92. The molecule has 3 heterocycles. The van der Waals surface area contributed by atoms with Crippen molar-refractivity contribution < 1.29 is 9.53 Å². The fraction of sp³-hybridized carbons (Fsp3) is 0.640. The molecule has 1 aromatic heterocycles. The minimum absolute atomic E-state index is 0.118. The summed E-state index contributed by atoms with van der Waals surface area (Å²) in [6.45, 7) is 4.46. The Morgan fingerprint density at radius 3 is 2.94 bits per heavy atom. The summed E-state index contributed by atoms with van der Waals surface area (Å²) >= 11 is 0. The number of amides is 1. The maximum atomic E-state index is 13.1. The van der Waals surface area contributed by atoms with Gasteiger partial charge >= 0.3 is 0 Å². The third-order valence-corrected chi connectivity index (χ3v) is 7.07. The number of piperidine rings is 2. The first-order valence-electron chi connectivity index (χ1n) is 12.1. The van der Waals surface area contributed by atoms with Crippen LogP contribution in [0.4, 0.5) is 0 Å². The third kappa shape index (κ3) is 5.56. The second-order valence-electron chi connectivity index (χ2n) is 9.22. The second kappa shape index (κ2) is 11.1. The van der Waals surface area contributed by atoms with Gasteiger partial charge in [-0.3, -0.25) is 9.59 Å². The summed E-state index contributed by atoms with van der Waals surface area (Å²) in [7, 11) is 1.69. The number of nitrogens with zero attached hydrogens (tertiary/aromatic N) is 3. The molecule has 2 unspecified atom stereocenters. The molecule has 7 nitrogen and oxygen atoms in total. The molecule has 7 heteroatoms. The molecule has 1 aromatic carbocycles. The Balaban J connectivity index is 1.35. The fourth-order valence-electron chi connectivity index (χ4n) is 5.41. The van der Waals surface area contributed by atoms with Crippen molar-refractivity contribution in [1.29, 1.82) is 0 Å². The molecule has 4 rings (SSSR count). The summed E-state index contributed by atoms with van der Waals surface area (Å²) in [4.78, 5) is 37.5. The molecular formula is C25H36N4O3. The van der Waals surface area contributed by atoms with E-state index in [2.05, 4.69) is 14.9 Å². The highest BCUT2D eigenvalue weighted by molar-refractivity contribution is 5.77. The highest BCUT2D eigenvalue weighted by Crippen LogP contribution is 2.31. The predicted molar refractivity (Wildman–Crippen MR) is 126 cm³/mol. The number of carbonyl (C=O) groups excluding carboxylic acids is 1. The molecule has 1 amide bonds. The zero-order chi connectivity index (χ0) is 22.3. The zero-order valence-electron chi connectivity index (χ0n) is 19.2. The summed E-state index contributed by atoms with van der Waals surface area (Å²) in [6.07, 6.45) is 8.03. The van der Waals surface area contributed by atoms with E-state index in [0.29, 0.717) is 61.1 Å². The number of rotatable bonds is 9. The molecule has 2 saturated heterocycles. The number of methoxy groups -OCH3 is 1. The lowest BCUT2D eigenvalue weighted by Gasteiger charge is -2.45. The van der Waals surface area contributed by atoms with Crippen molar-refractivity contribution in [3.8, 4) is 0 Å². The van der Waals surface area contributed by atoms with Gasteiger partial charge in [0.15, 0.2) is 0 Å². The van der Waals surface area contributed by atoms with Crippen LogP contribution in [0.1, 0.15) is 50.8 Å². The van der Waals surface area contributed by atoms with E-state index in [1.54, 1.807) is 13.2 Å². The molecule has 2 aliphatic rings. The minimum Gasteiger partial charge on any atom is -0.383 e. The van der Waals surface area contributed by atoms with E-state index in [4.69, 9.17) is 4.74 Å². The number of benzene rings is 1. The number of para-hydroxylation sites is 1. The maximum Gasteiger partial charge on any atom is 0.258 e. The quantitative estimate of drug-likeness (QED) is 0.649. The summed E-state index contributed by atoms with van der Waals surface area (Å²) in [6, 6.07) is 7.98. The first kappa shape index (κ1) is 22.9. The van der Waals surface area contributed by atoms with Crippen molar-refractivity contribution in [2.75, 3.05) is 39.9 Å². The molecule has 174 valence electrons. The monoisotopic (exact) mass is 440 g/mol. The smallest absolute Gasteiger partial charge is 0.258 e. The average molecular weight is 441 g/mol. The van der Waals surface area contributed by atoms with Gasteiger partial charge in [-0.05, 0) is 63.2 Å². The van der Waals surface area contributed by atoms with Crippen molar-refractivity contribution in [3.63, 3.8) is 0 Å². The standard InChI is InChI=1S/C25H36N4O3/c1-32-17-16-29(18-19-8-7-15-28-14-5-4-11-22(19)28)24(30)13-6-12-23-26-21-10-3-2-9-20(21)25(31)27-23/h2-3,9-10,19,22H,4-8,11-18H2,1H3,(H,26,27,31). The average Bonchev–Trinajstić information content (AvgIpc) is 2.82. The minimum atomic E-state index is -0.118. The molecule has 0 radical (unpaired) electrons. The Morgan fingerprint density at radius 2 is 2.06 bits per heavy atom. The summed E-state index contributed by atoms with van der Waals surface area (Å²) in [5, 5.41) is 0.599. The topological polar surface area (TPSA) is 78.5 Å². The van der Waals surface area contributed by atoms with Crippen LogP contribution in [0.3, 0.4) is 0 Å². The third-order valence-electron chi connectivity index (χ3n) is 7.07. The highest BCUT2D eigenvalue weighted by Gasteiger charge is 2.34. The van der Waals surface area contributed by atoms with Crippen LogP contribution in [-0.4, -0.2) is 71.6 Å². The van der Waals surface area contributed by atoms with Crippen molar-refractivity contribution in [2.24, 2.45) is 5.92 Å². The number of aromatic nitrogens is 2. The Hall–Kier alpha value is -2.25. The summed E-state index contributed by atoms with van der Waals surface area (Å²) in [5.74, 6) is 1.39. The van der Waals surface area contributed by atoms with Crippen molar-refractivity contribution in [1.82, 2.24) is 19.8 Å². The van der Waals surface area contributed by atoms with Crippen LogP contribution in [0.25, 0.3) is 10.9 Å². The molecule has 2 fully saturated rings. The number of fused-ring (bicyclic) bond motifs is 2. The fourth-order valence-corrected chi connectivity index (χ4v) is 5.41. The SMILES string of the molecule is COCCN(CC1CCCN2CCCCC12)C(=O)CCCc1nc2ccccc2c(=O)[nH]1. The lowest BCUT2D eigenvalue weighted by molar-refractivity contribution is -0.133. The highest BCUT2D eigenvalue weighted by atomic mass is 16.5. The molecule has 2 aliphatic heterocycles. The van der Waals surface area contributed by atoms with Gasteiger partial charge in [-0.15, -0.1) is 0 Å². The molecule has 0 saturated carbocycles. The molecule has 0 aliphatic carbocycles. The van der Waals surface area contributed by atoms with Crippen molar-refractivity contribution in [3.05, 3.63) is 40.4 Å². The number of carbonyl (C=O) groups is 1. The number of H-pyrrole nitrogens is 1. The van der Waals surface area contributed by atoms with Crippen molar-refractivity contribution >= 4 is 16.8 Å². The van der Waals surface area contributed by atoms with E-state index >= 15 is 0 Å². The molecule has 2 aromatic rings. The van der Waals surface area contributed by atoms with Crippen LogP contribution in [0.15, 0.2) is 29.1 Å². The Bertz CT molecular complexity index is 958. The van der Waals surface area contributed by atoms with E-state index in [-0.39, 0.29) is 11.5 Å². The van der Waals surface area contributed by atoms with Gasteiger partial charge in [0.1, 0.15) is 5.82 Å². The van der Waals surface area contributed by atoms with Crippen LogP contribution >= 0.6 is 0 Å². The van der Waals surface area contributed by atoms with E-state index in [1.807, 2.05) is 23.1 Å². The molecule has 0 bridgehead atoms. The van der Waals surface area contributed by atoms with Crippen LogP contribution in [0.5, 0.6) is 0 Å². The first-order chi connectivity index (χ1) is 15.7. The van der Waals surface area contributed by atoms with Crippen molar-refractivity contribution in [2.45, 2.75) is 57.4 Å². The van der Waals surface area contributed by atoms with Crippen LogP contribution in [0, 0.1) is 5.92 Å².